The molecule has 1 fully saturated rings. The lowest BCUT2D eigenvalue weighted by Crippen LogP contribution is -2.60. The summed E-state index contributed by atoms with van der Waals surface area (Å²) < 4.78 is 16.3. The number of phenols is 3. The van der Waals surface area contributed by atoms with Gasteiger partial charge in [0.05, 0.1) is 6.61 Å². The molecule has 3 aromatic rings. The highest BCUT2D eigenvalue weighted by Crippen LogP contribution is 2.36. The number of aromatic hydroxyl groups is 3. The van der Waals surface area contributed by atoms with E-state index in [9.17, 15) is 40.5 Å². The second-order valence-electron chi connectivity index (χ2n) is 7.31. The maximum absolute atomic E-state index is 12.4. The first-order valence-electron chi connectivity index (χ1n) is 9.50. The molecule has 0 radical (unpaired) electrons. The number of aliphatic hydroxyl groups is 4. The van der Waals surface area contributed by atoms with Gasteiger partial charge >= 0.3 is 0 Å². The van der Waals surface area contributed by atoms with Crippen LogP contribution in [-0.4, -0.2) is 73.1 Å². The second-order valence-corrected chi connectivity index (χ2v) is 7.31. The predicted molar refractivity (Wildman–Crippen MR) is 107 cm³/mol. The number of aliphatic hydroxyl groups excluding tert-OH is 4. The topological polar surface area (TPSA) is 190 Å². The Morgan fingerprint density at radius 3 is 2.38 bits per heavy atom. The van der Waals surface area contributed by atoms with Crippen LogP contribution < -0.4 is 10.2 Å². The van der Waals surface area contributed by atoms with Crippen LogP contribution in [0.1, 0.15) is 0 Å². The fourth-order valence-corrected chi connectivity index (χ4v) is 3.45. The molecular formula is C21H20O11. The first-order valence-corrected chi connectivity index (χ1v) is 9.50. The monoisotopic (exact) mass is 448 g/mol. The molecule has 170 valence electrons. The fraction of sp³-hybridized carbons (Fsp3) is 0.286. The summed E-state index contributed by atoms with van der Waals surface area (Å²) in [5.41, 5.74) is -0.401. The molecule has 11 nitrogen and oxygen atoms in total. The number of hydrogen-bond acceptors (Lipinski definition) is 11. The first kappa shape index (κ1) is 21.9. The van der Waals surface area contributed by atoms with E-state index >= 15 is 0 Å². The van der Waals surface area contributed by atoms with Crippen molar-refractivity contribution in [2.45, 2.75) is 30.7 Å². The van der Waals surface area contributed by atoms with Gasteiger partial charge in [-0.15, -0.1) is 0 Å². The number of benzene rings is 2. The Kier molecular flexibility index (Phi) is 5.67. The van der Waals surface area contributed by atoms with Gasteiger partial charge in [-0.3, -0.25) is 4.79 Å². The second kappa shape index (κ2) is 8.30. The van der Waals surface area contributed by atoms with E-state index in [0.29, 0.717) is 0 Å². The maximum atomic E-state index is 12.4. The molecule has 0 spiro atoms. The molecule has 32 heavy (non-hydrogen) atoms. The van der Waals surface area contributed by atoms with Crippen LogP contribution >= 0.6 is 0 Å². The Hall–Kier alpha value is -3.35. The summed E-state index contributed by atoms with van der Waals surface area (Å²) in [4.78, 5) is 12.4. The van der Waals surface area contributed by atoms with Crippen molar-refractivity contribution in [3.8, 4) is 34.3 Å². The minimum atomic E-state index is -1.69. The smallest absolute Gasteiger partial charge is 0.229 e. The largest absolute Gasteiger partial charge is 0.508 e. The Morgan fingerprint density at radius 1 is 0.906 bits per heavy atom. The molecule has 0 saturated carbocycles. The fourth-order valence-electron chi connectivity index (χ4n) is 3.45. The number of phenolic OH excluding ortho intramolecular Hbond substituents is 3. The van der Waals surface area contributed by atoms with Crippen molar-refractivity contribution in [1.29, 1.82) is 0 Å². The summed E-state index contributed by atoms with van der Waals surface area (Å²) in [6, 6.07) is 7.16. The van der Waals surface area contributed by atoms with Gasteiger partial charge < -0.3 is 49.6 Å². The van der Waals surface area contributed by atoms with Gasteiger partial charge in [-0.05, 0) is 18.2 Å². The van der Waals surface area contributed by atoms with Crippen molar-refractivity contribution in [1.82, 2.24) is 0 Å². The molecule has 0 aliphatic carbocycles. The molecule has 1 aliphatic heterocycles. The van der Waals surface area contributed by atoms with Gasteiger partial charge in [-0.1, -0.05) is 0 Å². The van der Waals surface area contributed by atoms with Crippen molar-refractivity contribution >= 4 is 11.0 Å². The number of fused-ring (bicyclic) bond motifs is 1. The van der Waals surface area contributed by atoms with Crippen LogP contribution in [0, 0.1) is 0 Å². The van der Waals surface area contributed by atoms with Crippen LogP contribution in [-0.2, 0) is 4.74 Å². The molecular weight excluding hydrogens is 428 g/mol. The first-order chi connectivity index (χ1) is 15.2. The molecule has 0 amide bonds. The normalized spacial score (nSPS) is 25.7. The van der Waals surface area contributed by atoms with Crippen LogP contribution in [0.5, 0.6) is 23.0 Å². The van der Waals surface area contributed by atoms with Crippen molar-refractivity contribution in [2.75, 3.05) is 6.61 Å². The maximum Gasteiger partial charge on any atom is 0.229 e. The van der Waals surface area contributed by atoms with Crippen LogP contribution in [0.4, 0.5) is 0 Å². The third-order valence-electron chi connectivity index (χ3n) is 5.13. The highest BCUT2D eigenvalue weighted by molar-refractivity contribution is 5.86. The number of ether oxygens (including phenoxy) is 2. The molecule has 1 aromatic heterocycles. The van der Waals surface area contributed by atoms with Gasteiger partial charge in [0.2, 0.25) is 6.29 Å². The lowest BCUT2D eigenvalue weighted by molar-refractivity contribution is -0.277. The highest BCUT2D eigenvalue weighted by atomic mass is 16.7. The summed E-state index contributed by atoms with van der Waals surface area (Å²) >= 11 is 0. The van der Waals surface area contributed by atoms with Crippen molar-refractivity contribution in [2.24, 2.45) is 0 Å². The molecule has 0 unspecified atom stereocenters. The van der Waals surface area contributed by atoms with Gasteiger partial charge in [-0.2, -0.15) is 0 Å². The van der Waals surface area contributed by atoms with Crippen molar-refractivity contribution in [3.05, 3.63) is 46.6 Å². The molecule has 1 aliphatic rings. The SMILES string of the molecule is O=c1cc(-c2ccc(O)c(O[C@H]3O[C@H](CO)[C@H](O)[C@@H](O)[C@H]3O)c2)oc2cc(O)cc(O)c12. The summed E-state index contributed by atoms with van der Waals surface area (Å²) in [5.74, 6) is -1.33. The number of hydrogen-bond donors (Lipinski definition) is 7. The van der Waals surface area contributed by atoms with E-state index in [0.717, 1.165) is 18.2 Å². The van der Waals surface area contributed by atoms with E-state index in [2.05, 4.69) is 0 Å². The molecule has 2 aromatic carbocycles. The zero-order chi connectivity index (χ0) is 23.2. The molecule has 2 heterocycles. The van der Waals surface area contributed by atoms with Gasteiger partial charge in [0.1, 0.15) is 52.6 Å². The summed E-state index contributed by atoms with van der Waals surface area (Å²) in [5, 5.41) is 68.8. The van der Waals surface area contributed by atoms with Gasteiger partial charge in [0.25, 0.3) is 0 Å². The van der Waals surface area contributed by atoms with Crippen LogP contribution in [0.2, 0.25) is 0 Å². The van der Waals surface area contributed by atoms with E-state index in [4.69, 9.17) is 13.9 Å². The Bertz CT molecular complexity index is 1200. The minimum Gasteiger partial charge on any atom is -0.508 e. The molecule has 7 N–H and O–H groups in total. The van der Waals surface area contributed by atoms with Crippen LogP contribution in [0.3, 0.4) is 0 Å². The number of rotatable bonds is 4. The van der Waals surface area contributed by atoms with E-state index in [-0.39, 0.29) is 39.5 Å². The Balaban J connectivity index is 1.70. The van der Waals surface area contributed by atoms with E-state index < -0.39 is 48.5 Å². The minimum absolute atomic E-state index is 0.0196. The standard InChI is InChI=1S/C21H20O11/c22-7-16-18(27)19(28)20(29)21(32-16)31-14-3-8(1-2-10(14)24)13-6-12(26)17-11(25)4-9(23)5-15(17)30-13/h1-6,16,18-25,27-29H,7H2/t16-,18+,19-,20-,21+/m1/s1. The lowest BCUT2D eigenvalue weighted by atomic mass is 9.99. The quantitative estimate of drug-likeness (QED) is 0.279. The zero-order valence-electron chi connectivity index (χ0n) is 16.3. The average Bonchev–Trinajstić information content (AvgIpc) is 2.74. The van der Waals surface area contributed by atoms with E-state index in [1.54, 1.807) is 0 Å². The third kappa shape index (κ3) is 3.83. The Morgan fingerprint density at radius 2 is 1.66 bits per heavy atom. The van der Waals surface area contributed by atoms with Gasteiger partial charge in [-0.25, -0.2) is 0 Å². The average molecular weight is 448 g/mol. The summed E-state index contributed by atoms with van der Waals surface area (Å²) in [6.45, 7) is -0.654. The van der Waals surface area contributed by atoms with Gasteiger partial charge in [0.15, 0.2) is 16.9 Å². The summed E-state index contributed by atoms with van der Waals surface area (Å²) in [7, 11) is 0. The molecule has 4 rings (SSSR count). The van der Waals surface area contributed by atoms with E-state index in [1.165, 1.54) is 18.2 Å². The zero-order valence-corrected chi connectivity index (χ0v) is 16.3. The third-order valence-corrected chi connectivity index (χ3v) is 5.13. The predicted octanol–water partition coefficient (Wildman–Crippen LogP) is -0.245. The molecule has 0 bridgehead atoms. The summed E-state index contributed by atoms with van der Waals surface area (Å²) in [6.07, 6.45) is -7.68. The van der Waals surface area contributed by atoms with Crippen LogP contribution in [0.15, 0.2) is 45.6 Å². The lowest BCUT2D eigenvalue weighted by Gasteiger charge is -2.39. The molecule has 5 atom stereocenters. The van der Waals surface area contributed by atoms with E-state index in [1.807, 2.05) is 0 Å². The highest BCUT2D eigenvalue weighted by Gasteiger charge is 2.45. The van der Waals surface area contributed by atoms with Crippen molar-refractivity contribution < 1.29 is 49.6 Å². The van der Waals surface area contributed by atoms with Crippen molar-refractivity contribution in [3.63, 3.8) is 0 Å². The molecule has 11 heteroatoms. The Labute approximate surface area is 179 Å². The molecule has 1 saturated heterocycles. The van der Waals surface area contributed by atoms with Crippen LogP contribution in [0.25, 0.3) is 22.3 Å². The van der Waals surface area contributed by atoms with Gasteiger partial charge in [0, 0.05) is 23.8 Å².